The molecule has 2 atom stereocenters. The van der Waals surface area contributed by atoms with Crippen molar-refractivity contribution in [3.63, 3.8) is 0 Å². The highest BCUT2D eigenvalue weighted by Gasteiger charge is 2.49. The van der Waals surface area contributed by atoms with E-state index in [0.29, 0.717) is 18.5 Å². The third-order valence-corrected chi connectivity index (χ3v) is 3.58. The molecule has 1 fully saturated rings. The van der Waals surface area contributed by atoms with Crippen LogP contribution in [-0.2, 0) is 11.3 Å². The monoisotopic (exact) mass is 245 g/mol. The molecule has 3 heteroatoms. The van der Waals surface area contributed by atoms with E-state index in [0.717, 1.165) is 6.42 Å². The Kier molecular flexibility index (Phi) is 2.40. The molecule has 1 amide bonds. The Morgan fingerprint density at radius 1 is 1.33 bits per heavy atom. The van der Waals surface area contributed by atoms with Crippen molar-refractivity contribution in [2.45, 2.75) is 51.3 Å². The molecule has 2 aliphatic rings. The maximum absolute atomic E-state index is 12.2. The molecule has 0 N–H and O–H groups in total. The maximum Gasteiger partial charge on any atom is 0.410 e. The highest BCUT2D eigenvalue weighted by Crippen LogP contribution is 2.50. The van der Waals surface area contributed by atoms with Crippen LogP contribution in [0.15, 0.2) is 24.3 Å². The fourth-order valence-electron chi connectivity index (χ4n) is 2.72. The minimum Gasteiger partial charge on any atom is -0.444 e. The number of benzene rings is 1. The summed E-state index contributed by atoms with van der Waals surface area (Å²) in [7, 11) is 0. The summed E-state index contributed by atoms with van der Waals surface area (Å²) in [5, 5.41) is 0. The highest BCUT2D eigenvalue weighted by molar-refractivity contribution is 5.70. The molecule has 0 radical (unpaired) electrons. The van der Waals surface area contributed by atoms with Gasteiger partial charge in [-0.15, -0.1) is 0 Å². The lowest BCUT2D eigenvalue weighted by Crippen LogP contribution is -2.40. The first-order valence-electron chi connectivity index (χ1n) is 6.53. The van der Waals surface area contributed by atoms with Crippen LogP contribution >= 0.6 is 0 Å². The lowest BCUT2D eigenvalue weighted by atomic mass is 9.99. The second-order valence-electron chi connectivity index (χ2n) is 6.22. The van der Waals surface area contributed by atoms with Gasteiger partial charge in [0.2, 0.25) is 0 Å². The van der Waals surface area contributed by atoms with E-state index in [-0.39, 0.29) is 6.09 Å². The molecule has 1 aliphatic carbocycles. The zero-order valence-corrected chi connectivity index (χ0v) is 11.1. The van der Waals surface area contributed by atoms with Gasteiger partial charge < -0.3 is 9.64 Å². The van der Waals surface area contributed by atoms with E-state index < -0.39 is 5.60 Å². The minimum atomic E-state index is -0.418. The number of amides is 1. The summed E-state index contributed by atoms with van der Waals surface area (Å²) in [4.78, 5) is 14.1. The van der Waals surface area contributed by atoms with Gasteiger partial charge in [0.25, 0.3) is 0 Å². The number of ether oxygens (including phenoxy) is 1. The van der Waals surface area contributed by atoms with Crippen molar-refractivity contribution in [1.29, 1.82) is 0 Å². The van der Waals surface area contributed by atoms with E-state index in [4.69, 9.17) is 4.74 Å². The standard InChI is InChI=1S/C15H19NO2/c1-15(2,3)18-14(17)16-9-10-6-4-5-7-11(10)12-8-13(12)16/h4-7,12-13H,8-9H2,1-3H3. The summed E-state index contributed by atoms with van der Waals surface area (Å²) >= 11 is 0. The summed E-state index contributed by atoms with van der Waals surface area (Å²) in [5.74, 6) is 0.530. The first-order valence-corrected chi connectivity index (χ1v) is 6.53. The number of fused-ring (bicyclic) bond motifs is 3. The molecule has 3 nitrogen and oxygen atoms in total. The second-order valence-corrected chi connectivity index (χ2v) is 6.22. The molecule has 3 rings (SSSR count). The highest BCUT2D eigenvalue weighted by atomic mass is 16.6. The van der Waals surface area contributed by atoms with Crippen LogP contribution in [0, 0.1) is 0 Å². The summed E-state index contributed by atoms with van der Waals surface area (Å²) in [6, 6.07) is 8.77. The van der Waals surface area contributed by atoms with Gasteiger partial charge in [0.1, 0.15) is 5.60 Å². The van der Waals surface area contributed by atoms with E-state index in [1.54, 1.807) is 0 Å². The van der Waals surface area contributed by atoms with Gasteiger partial charge in [-0.2, -0.15) is 0 Å². The zero-order chi connectivity index (χ0) is 12.9. The molecule has 0 saturated heterocycles. The van der Waals surface area contributed by atoms with E-state index >= 15 is 0 Å². The van der Waals surface area contributed by atoms with Crippen LogP contribution in [-0.4, -0.2) is 22.6 Å². The number of rotatable bonds is 0. The Bertz CT molecular complexity index is 490. The molecule has 2 unspecified atom stereocenters. The van der Waals surface area contributed by atoms with E-state index in [2.05, 4.69) is 18.2 Å². The van der Waals surface area contributed by atoms with Crippen molar-refractivity contribution < 1.29 is 9.53 Å². The van der Waals surface area contributed by atoms with Crippen LogP contribution in [0.1, 0.15) is 44.2 Å². The number of carbonyl (C=O) groups is 1. The molecule has 1 heterocycles. The summed E-state index contributed by atoms with van der Waals surface area (Å²) in [6.45, 7) is 6.42. The van der Waals surface area contributed by atoms with Gasteiger partial charge in [0.15, 0.2) is 0 Å². The van der Waals surface area contributed by atoms with Crippen LogP contribution in [0.2, 0.25) is 0 Å². The SMILES string of the molecule is CC(C)(C)OC(=O)N1Cc2ccccc2C2CC21. The van der Waals surface area contributed by atoms with Gasteiger partial charge in [-0.25, -0.2) is 4.79 Å². The molecule has 0 aromatic heterocycles. The van der Waals surface area contributed by atoms with Gasteiger partial charge in [0, 0.05) is 18.5 Å². The summed E-state index contributed by atoms with van der Waals surface area (Å²) in [5.41, 5.74) is 2.27. The third-order valence-electron chi connectivity index (χ3n) is 3.58. The average molecular weight is 245 g/mol. The Morgan fingerprint density at radius 2 is 2.06 bits per heavy atom. The molecule has 18 heavy (non-hydrogen) atoms. The van der Waals surface area contributed by atoms with E-state index in [1.165, 1.54) is 11.1 Å². The largest absolute Gasteiger partial charge is 0.444 e. The second kappa shape index (κ2) is 3.74. The number of carbonyl (C=O) groups excluding carboxylic acids is 1. The van der Waals surface area contributed by atoms with Crippen molar-refractivity contribution in [2.24, 2.45) is 0 Å². The predicted molar refractivity (Wildman–Crippen MR) is 69.4 cm³/mol. The van der Waals surface area contributed by atoms with Gasteiger partial charge in [-0.3, -0.25) is 0 Å². The van der Waals surface area contributed by atoms with E-state index in [1.807, 2.05) is 31.7 Å². The number of nitrogens with zero attached hydrogens (tertiary/aromatic N) is 1. The van der Waals surface area contributed by atoms with Crippen molar-refractivity contribution in [1.82, 2.24) is 4.90 Å². The first-order chi connectivity index (χ1) is 8.46. The smallest absolute Gasteiger partial charge is 0.410 e. The molecule has 0 bridgehead atoms. The topological polar surface area (TPSA) is 29.5 Å². The van der Waals surface area contributed by atoms with E-state index in [9.17, 15) is 4.79 Å². The molecule has 1 saturated carbocycles. The first kappa shape index (κ1) is 11.6. The molecule has 1 aliphatic heterocycles. The zero-order valence-electron chi connectivity index (χ0n) is 11.1. The van der Waals surface area contributed by atoms with Crippen molar-refractivity contribution in [2.75, 3.05) is 0 Å². The average Bonchev–Trinajstić information content (AvgIpc) is 3.05. The molecular weight excluding hydrogens is 226 g/mol. The Labute approximate surface area is 108 Å². The van der Waals surface area contributed by atoms with Crippen LogP contribution in [0.3, 0.4) is 0 Å². The normalized spacial score (nSPS) is 25.2. The quantitative estimate of drug-likeness (QED) is 0.702. The van der Waals surface area contributed by atoms with Crippen LogP contribution < -0.4 is 0 Å². The molecular formula is C15H19NO2. The molecule has 1 aromatic carbocycles. The van der Waals surface area contributed by atoms with Crippen LogP contribution in [0.5, 0.6) is 0 Å². The Morgan fingerprint density at radius 3 is 2.78 bits per heavy atom. The van der Waals surface area contributed by atoms with Crippen LogP contribution in [0.4, 0.5) is 4.79 Å². The Hall–Kier alpha value is -1.51. The van der Waals surface area contributed by atoms with Crippen molar-refractivity contribution >= 4 is 6.09 Å². The van der Waals surface area contributed by atoms with Crippen LogP contribution in [0.25, 0.3) is 0 Å². The maximum atomic E-state index is 12.2. The van der Waals surface area contributed by atoms with Crippen molar-refractivity contribution in [3.05, 3.63) is 35.4 Å². The lowest BCUT2D eigenvalue weighted by molar-refractivity contribution is 0.0203. The lowest BCUT2D eigenvalue weighted by Gasteiger charge is -2.31. The van der Waals surface area contributed by atoms with Gasteiger partial charge in [-0.1, -0.05) is 24.3 Å². The number of hydrogen-bond acceptors (Lipinski definition) is 2. The predicted octanol–water partition coefficient (Wildman–Crippen LogP) is 3.29. The molecule has 0 spiro atoms. The summed E-state index contributed by atoms with van der Waals surface area (Å²) in [6.07, 6.45) is 0.903. The minimum absolute atomic E-state index is 0.176. The Balaban J connectivity index is 1.80. The van der Waals surface area contributed by atoms with Gasteiger partial charge in [0.05, 0.1) is 0 Å². The molecule has 1 aromatic rings. The van der Waals surface area contributed by atoms with Gasteiger partial charge >= 0.3 is 6.09 Å². The van der Waals surface area contributed by atoms with Gasteiger partial charge in [-0.05, 0) is 38.3 Å². The summed E-state index contributed by atoms with van der Waals surface area (Å²) < 4.78 is 5.48. The third kappa shape index (κ3) is 1.98. The fourth-order valence-corrected chi connectivity index (χ4v) is 2.72. The molecule has 96 valence electrons. The fraction of sp³-hybridized carbons (Fsp3) is 0.533. The van der Waals surface area contributed by atoms with Crippen molar-refractivity contribution in [3.8, 4) is 0 Å². The number of hydrogen-bond donors (Lipinski definition) is 0.